The maximum Gasteiger partial charge on any atom is 0.415 e. The number of aromatic nitrogens is 2. The summed E-state index contributed by atoms with van der Waals surface area (Å²) in [5.41, 5.74) is 2.53. The van der Waals surface area contributed by atoms with Crippen LogP contribution >= 0.6 is 22.6 Å². The van der Waals surface area contributed by atoms with Crippen molar-refractivity contribution in [3.8, 4) is 17.5 Å². The van der Waals surface area contributed by atoms with Gasteiger partial charge in [-0.3, -0.25) is 4.79 Å². The molecule has 0 unspecified atom stereocenters. The number of anilines is 1. The maximum absolute atomic E-state index is 12.0. The second kappa shape index (κ2) is 7.43. The van der Waals surface area contributed by atoms with Gasteiger partial charge in [-0.25, -0.2) is 0 Å². The van der Waals surface area contributed by atoms with Crippen LogP contribution in [-0.2, 0) is 4.79 Å². The van der Waals surface area contributed by atoms with E-state index in [0.717, 1.165) is 20.4 Å². The summed E-state index contributed by atoms with van der Waals surface area (Å²) in [6.07, 6.45) is -0.0386. The molecule has 1 aromatic heterocycles. The van der Waals surface area contributed by atoms with Gasteiger partial charge in [-0.15, -0.1) is 5.10 Å². The van der Waals surface area contributed by atoms with Gasteiger partial charge in [0.25, 0.3) is 11.8 Å². The lowest BCUT2D eigenvalue weighted by Gasteiger charge is -2.08. The van der Waals surface area contributed by atoms with Crippen LogP contribution in [0.15, 0.2) is 52.9 Å². The van der Waals surface area contributed by atoms with E-state index in [2.05, 4.69) is 38.1 Å². The fourth-order valence-electron chi connectivity index (χ4n) is 2.05. The van der Waals surface area contributed by atoms with E-state index in [1.54, 1.807) is 0 Å². The largest absolute Gasteiger partial charge is 0.439 e. The Balaban J connectivity index is 1.58. The van der Waals surface area contributed by atoms with Crippen LogP contribution in [0.3, 0.4) is 0 Å². The first-order valence-corrected chi connectivity index (χ1v) is 8.27. The summed E-state index contributed by atoms with van der Waals surface area (Å²) in [7, 11) is 0. The number of nitrogens with zero attached hydrogens (tertiary/aromatic N) is 2. The van der Waals surface area contributed by atoms with Crippen molar-refractivity contribution < 1.29 is 13.9 Å². The molecule has 0 aliphatic carbocycles. The number of hydrogen-bond acceptors (Lipinski definition) is 5. The molecule has 0 spiro atoms. The van der Waals surface area contributed by atoms with Gasteiger partial charge in [-0.1, -0.05) is 23.3 Å². The van der Waals surface area contributed by atoms with Crippen LogP contribution in [0, 0.1) is 10.5 Å². The minimum atomic E-state index is -0.293. The van der Waals surface area contributed by atoms with Gasteiger partial charge in [-0.05, 0) is 65.4 Å². The standard InChI is InChI=1S/C17H14IN3O3/c1-11-9-13(18)7-8-14(11)19-15(22)10-23-17-21-20-16(24-17)12-5-3-2-4-6-12/h2-9H,10H2,1H3,(H,19,22). The zero-order chi connectivity index (χ0) is 16.9. The molecule has 1 amide bonds. The average molecular weight is 435 g/mol. The number of carbonyl (C=O) groups is 1. The smallest absolute Gasteiger partial charge is 0.415 e. The Morgan fingerprint density at radius 3 is 2.75 bits per heavy atom. The van der Waals surface area contributed by atoms with Gasteiger partial charge in [0.1, 0.15) is 0 Å². The maximum atomic E-state index is 12.0. The predicted molar refractivity (Wildman–Crippen MR) is 97.8 cm³/mol. The van der Waals surface area contributed by atoms with Gasteiger partial charge in [0.2, 0.25) is 0 Å². The van der Waals surface area contributed by atoms with Crippen LogP contribution in [0.1, 0.15) is 5.56 Å². The van der Waals surface area contributed by atoms with Gasteiger partial charge in [0, 0.05) is 14.8 Å². The minimum absolute atomic E-state index is 0.0386. The molecule has 1 N–H and O–H groups in total. The fourth-order valence-corrected chi connectivity index (χ4v) is 2.69. The molecule has 0 fully saturated rings. The number of ether oxygens (including phenoxy) is 1. The molecular formula is C17H14IN3O3. The Labute approximate surface area is 152 Å². The lowest BCUT2D eigenvalue weighted by atomic mass is 10.2. The lowest BCUT2D eigenvalue weighted by molar-refractivity contribution is -0.118. The molecule has 0 saturated heterocycles. The van der Waals surface area contributed by atoms with E-state index in [0.29, 0.717) is 5.89 Å². The Morgan fingerprint density at radius 2 is 2.00 bits per heavy atom. The zero-order valence-corrected chi connectivity index (χ0v) is 15.0. The molecule has 7 heteroatoms. The summed E-state index contributed by atoms with van der Waals surface area (Å²) >= 11 is 2.22. The third-order valence-corrected chi connectivity index (χ3v) is 3.89. The first kappa shape index (κ1) is 16.4. The normalized spacial score (nSPS) is 10.4. The van der Waals surface area contributed by atoms with Crippen molar-refractivity contribution in [2.75, 3.05) is 11.9 Å². The SMILES string of the molecule is Cc1cc(I)ccc1NC(=O)COc1nnc(-c2ccccc2)o1. The molecule has 0 atom stereocenters. The van der Waals surface area contributed by atoms with Crippen LogP contribution < -0.4 is 10.1 Å². The van der Waals surface area contributed by atoms with E-state index in [1.165, 1.54) is 0 Å². The number of aryl methyl sites for hydroxylation is 1. The van der Waals surface area contributed by atoms with Crippen molar-refractivity contribution in [1.29, 1.82) is 0 Å². The molecule has 122 valence electrons. The van der Waals surface area contributed by atoms with Crippen LogP contribution in [0.5, 0.6) is 6.08 Å². The summed E-state index contributed by atoms with van der Waals surface area (Å²) in [6, 6.07) is 15.1. The first-order valence-electron chi connectivity index (χ1n) is 7.19. The Kier molecular flexibility index (Phi) is 5.09. The van der Waals surface area contributed by atoms with Crippen molar-refractivity contribution in [2.45, 2.75) is 6.92 Å². The summed E-state index contributed by atoms with van der Waals surface area (Å²) in [5, 5.41) is 10.5. The number of nitrogens with one attached hydrogen (secondary N) is 1. The molecule has 3 aromatic rings. The molecule has 6 nitrogen and oxygen atoms in total. The van der Waals surface area contributed by atoms with Crippen molar-refractivity contribution in [3.05, 3.63) is 57.7 Å². The van der Waals surface area contributed by atoms with Gasteiger partial charge >= 0.3 is 6.08 Å². The van der Waals surface area contributed by atoms with Crippen LogP contribution in [0.4, 0.5) is 5.69 Å². The molecule has 2 aromatic carbocycles. The number of hydrogen-bond donors (Lipinski definition) is 1. The number of halogens is 1. The minimum Gasteiger partial charge on any atom is -0.439 e. The second-order valence-electron chi connectivity index (χ2n) is 5.04. The highest BCUT2D eigenvalue weighted by Crippen LogP contribution is 2.20. The van der Waals surface area contributed by atoms with Crippen molar-refractivity contribution >= 4 is 34.2 Å². The molecule has 3 rings (SSSR count). The third kappa shape index (κ3) is 4.10. The lowest BCUT2D eigenvalue weighted by Crippen LogP contribution is -2.20. The number of amides is 1. The van der Waals surface area contributed by atoms with Gasteiger partial charge in [0.15, 0.2) is 6.61 Å². The molecule has 0 aliphatic rings. The summed E-state index contributed by atoms with van der Waals surface area (Å²) in [4.78, 5) is 12.0. The molecule has 0 aliphatic heterocycles. The predicted octanol–water partition coefficient (Wildman–Crippen LogP) is 3.67. The summed E-state index contributed by atoms with van der Waals surface area (Å²) in [6.45, 7) is 1.73. The number of benzene rings is 2. The zero-order valence-electron chi connectivity index (χ0n) is 12.8. The van der Waals surface area contributed by atoms with Crippen molar-refractivity contribution in [3.63, 3.8) is 0 Å². The molecule has 0 radical (unpaired) electrons. The number of carbonyl (C=O) groups excluding carboxylic acids is 1. The third-order valence-electron chi connectivity index (χ3n) is 3.22. The molecule has 0 bridgehead atoms. The fraction of sp³-hybridized carbons (Fsp3) is 0.118. The monoisotopic (exact) mass is 435 g/mol. The van der Waals surface area contributed by atoms with Gasteiger partial charge in [0.05, 0.1) is 0 Å². The Morgan fingerprint density at radius 1 is 1.21 bits per heavy atom. The van der Waals surface area contributed by atoms with Crippen LogP contribution in [-0.4, -0.2) is 22.7 Å². The molecular weight excluding hydrogens is 421 g/mol. The van der Waals surface area contributed by atoms with Gasteiger partial charge in [-0.2, -0.15) is 0 Å². The molecule has 24 heavy (non-hydrogen) atoms. The highest BCUT2D eigenvalue weighted by molar-refractivity contribution is 14.1. The summed E-state index contributed by atoms with van der Waals surface area (Å²) < 4.78 is 11.7. The Hall–Kier alpha value is -2.42. The highest BCUT2D eigenvalue weighted by Gasteiger charge is 2.12. The van der Waals surface area contributed by atoms with E-state index >= 15 is 0 Å². The van der Waals surface area contributed by atoms with Crippen LogP contribution in [0.2, 0.25) is 0 Å². The van der Waals surface area contributed by atoms with E-state index in [-0.39, 0.29) is 18.6 Å². The van der Waals surface area contributed by atoms with Gasteiger partial charge < -0.3 is 14.5 Å². The quantitative estimate of drug-likeness (QED) is 0.619. The average Bonchev–Trinajstić information content (AvgIpc) is 3.05. The molecule has 1 heterocycles. The van der Waals surface area contributed by atoms with Crippen molar-refractivity contribution in [1.82, 2.24) is 10.2 Å². The van der Waals surface area contributed by atoms with Crippen LogP contribution in [0.25, 0.3) is 11.5 Å². The van der Waals surface area contributed by atoms with E-state index < -0.39 is 0 Å². The van der Waals surface area contributed by atoms with E-state index in [4.69, 9.17) is 9.15 Å². The summed E-state index contributed by atoms with van der Waals surface area (Å²) in [5.74, 6) is 0.0539. The molecule has 0 saturated carbocycles. The number of rotatable bonds is 5. The first-order chi connectivity index (χ1) is 11.6. The van der Waals surface area contributed by atoms with E-state index in [1.807, 2.05) is 55.5 Å². The van der Waals surface area contributed by atoms with Crippen molar-refractivity contribution in [2.24, 2.45) is 0 Å². The Bertz CT molecular complexity index is 849. The topological polar surface area (TPSA) is 77.2 Å². The highest BCUT2D eigenvalue weighted by atomic mass is 127. The second-order valence-corrected chi connectivity index (χ2v) is 6.28. The van der Waals surface area contributed by atoms with E-state index in [9.17, 15) is 4.79 Å².